The topological polar surface area (TPSA) is 160 Å². The number of nitrogens with zero attached hydrogens (tertiary/aromatic N) is 5. The average molecular weight is 359 g/mol. The molecule has 1 aromatic carbocycles. The summed E-state index contributed by atoms with van der Waals surface area (Å²) in [6.45, 7) is 0. The van der Waals surface area contributed by atoms with Gasteiger partial charge in [-0.05, 0) is 12.1 Å². The van der Waals surface area contributed by atoms with Crippen molar-refractivity contribution in [2.75, 3.05) is 5.75 Å². The lowest BCUT2D eigenvalue weighted by Gasteiger charge is -2.02. The molecular weight excluding hydrogens is 350 g/mol. The SMILES string of the molecule is O=NC(=O)CSc1n[nH]c(-c2cc(-c3ccn[nH]3)cc([N+](=O)[O-])c2)n1. The van der Waals surface area contributed by atoms with Crippen LogP contribution in [0, 0.1) is 15.0 Å². The van der Waals surface area contributed by atoms with Gasteiger partial charge in [0.15, 0.2) is 5.82 Å². The number of nitro benzene ring substituents is 1. The Kier molecular flexibility index (Phi) is 4.61. The first-order valence-corrected chi connectivity index (χ1v) is 7.76. The minimum absolute atomic E-state index is 0.118. The van der Waals surface area contributed by atoms with Gasteiger partial charge in [-0.1, -0.05) is 11.8 Å². The zero-order chi connectivity index (χ0) is 17.8. The minimum atomic E-state index is -0.826. The van der Waals surface area contributed by atoms with Crippen LogP contribution in [0.2, 0.25) is 0 Å². The van der Waals surface area contributed by atoms with Gasteiger partial charge < -0.3 is 0 Å². The van der Waals surface area contributed by atoms with Crippen LogP contribution in [0.25, 0.3) is 22.6 Å². The zero-order valence-corrected chi connectivity index (χ0v) is 13.2. The molecule has 0 atom stereocenters. The smallest absolute Gasteiger partial charge is 0.278 e. The van der Waals surface area contributed by atoms with E-state index in [4.69, 9.17) is 0 Å². The highest BCUT2D eigenvalue weighted by atomic mass is 32.2. The number of nitro groups is 1. The van der Waals surface area contributed by atoms with Gasteiger partial charge >= 0.3 is 0 Å². The summed E-state index contributed by atoms with van der Waals surface area (Å²) in [7, 11) is 0. The highest BCUT2D eigenvalue weighted by molar-refractivity contribution is 7.99. The van der Waals surface area contributed by atoms with Crippen LogP contribution in [0.5, 0.6) is 0 Å². The van der Waals surface area contributed by atoms with Gasteiger partial charge in [0.1, 0.15) is 0 Å². The summed E-state index contributed by atoms with van der Waals surface area (Å²) in [6.07, 6.45) is 1.54. The number of thioether (sulfide) groups is 1. The third-order valence-corrected chi connectivity index (χ3v) is 3.94. The molecule has 2 N–H and O–H groups in total. The fraction of sp³-hybridized carbons (Fsp3) is 0.0769. The number of carbonyl (C=O) groups is 1. The second kappa shape index (κ2) is 7.00. The summed E-state index contributed by atoms with van der Waals surface area (Å²) in [4.78, 5) is 35.8. The molecule has 0 aliphatic rings. The Bertz CT molecular complexity index is 938. The van der Waals surface area contributed by atoms with E-state index >= 15 is 0 Å². The van der Waals surface area contributed by atoms with E-state index < -0.39 is 10.8 Å². The van der Waals surface area contributed by atoms with Crippen LogP contribution in [0.3, 0.4) is 0 Å². The summed E-state index contributed by atoms with van der Waals surface area (Å²) < 4.78 is 0. The van der Waals surface area contributed by atoms with Crippen molar-refractivity contribution in [3.63, 3.8) is 0 Å². The van der Waals surface area contributed by atoms with Gasteiger partial charge in [-0.25, -0.2) is 4.98 Å². The molecule has 1 amide bonds. The van der Waals surface area contributed by atoms with E-state index in [-0.39, 0.29) is 16.6 Å². The molecule has 2 heterocycles. The monoisotopic (exact) mass is 359 g/mol. The highest BCUT2D eigenvalue weighted by Gasteiger charge is 2.16. The van der Waals surface area contributed by atoms with Gasteiger partial charge in [-0.15, -0.1) is 10.0 Å². The largest absolute Gasteiger partial charge is 0.296 e. The molecule has 0 fully saturated rings. The van der Waals surface area contributed by atoms with Gasteiger partial charge in [0, 0.05) is 34.6 Å². The molecule has 12 heteroatoms. The Morgan fingerprint density at radius 3 is 2.76 bits per heavy atom. The standard InChI is InChI=1S/C13H9N7O4S/c21-11(19-22)6-25-13-15-12(17-18-13)8-3-7(10-1-2-14-16-10)4-9(5-8)20(23)24/h1-5H,6H2,(H,14,16)(H,15,17,18). The minimum Gasteiger partial charge on any atom is -0.278 e. The van der Waals surface area contributed by atoms with E-state index in [1.54, 1.807) is 12.1 Å². The summed E-state index contributed by atoms with van der Waals surface area (Å²) in [5, 5.41) is 26.8. The predicted molar refractivity (Wildman–Crippen MR) is 87.6 cm³/mol. The van der Waals surface area contributed by atoms with Crippen molar-refractivity contribution in [2.24, 2.45) is 5.18 Å². The molecule has 11 nitrogen and oxygen atoms in total. The molecule has 0 saturated heterocycles. The lowest BCUT2D eigenvalue weighted by Crippen LogP contribution is -1.95. The molecule has 2 aromatic heterocycles. The zero-order valence-electron chi connectivity index (χ0n) is 12.4. The molecule has 0 aliphatic carbocycles. The number of rotatable bonds is 6. The molecular formula is C13H9N7O4S. The molecule has 0 unspecified atom stereocenters. The van der Waals surface area contributed by atoms with Crippen molar-refractivity contribution >= 4 is 23.4 Å². The van der Waals surface area contributed by atoms with E-state index in [0.717, 1.165) is 11.8 Å². The number of nitrogens with one attached hydrogen (secondary N) is 2. The Morgan fingerprint density at radius 2 is 2.08 bits per heavy atom. The molecule has 0 aliphatic heterocycles. The summed E-state index contributed by atoms with van der Waals surface area (Å²) in [5.41, 5.74) is 1.50. The normalized spacial score (nSPS) is 10.6. The molecule has 0 spiro atoms. The summed E-state index contributed by atoms with van der Waals surface area (Å²) in [5.74, 6) is -0.721. The third-order valence-electron chi connectivity index (χ3n) is 3.11. The Hall–Kier alpha value is -3.41. The van der Waals surface area contributed by atoms with Crippen molar-refractivity contribution in [3.8, 4) is 22.6 Å². The molecule has 0 bridgehead atoms. The van der Waals surface area contributed by atoms with Gasteiger partial charge in [-0.2, -0.15) is 5.10 Å². The average Bonchev–Trinajstić information content (AvgIpc) is 3.31. The second-order valence-corrected chi connectivity index (χ2v) is 5.68. The number of hydrogen-bond acceptors (Lipinski definition) is 8. The van der Waals surface area contributed by atoms with Crippen LogP contribution in [0.1, 0.15) is 0 Å². The number of carbonyl (C=O) groups excluding carboxylic acids is 1. The number of non-ortho nitro benzene ring substituents is 1. The number of benzene rings is 1. The maximum absolute atomic E-state index is 11.2. The Balaban J connectivity index is 1.94. The quantitative estimate of drug-likeness (QED) is 0.293. The lowest BCUT2D eigenvalue weighted by atomic mass is 10.1. The van der Waals surface area contributed by atoms with Crippen molar-refractivity contribution in [1.29, 1.82) is 0 Å². The maximum Gasteiger partial charge on any atom is 0.296 e. The molecule has 3 rings (SSSR count). The predicted octanol–water partition coefficient (Wildman–Crippen LogP) is 2.16. The highest BCUT2D eigenvalue weighted by Crippen LogP contribution is 2.29. The van der Waals surface area contributed by atoms with E-state index in [1.165, 1.54) is 18.3 Å². The molecule has 25 heavy (non-hydrogen) atoms. The fourth-order valence-corrected chi connectivity index (χ4v) is 2.59. The number of H-pyrrole nitrogens is 2. The first-order valence-electron chi connectivity index (χ1n) is 6.78. The third kappa shape index (κ3) is 3.74. The van der Waals surface area contributed by atoms with Gasteiger partial charge in [0.2, 0.25) is 5.16 Å². The number of aromatic amines is 2. The maximum atomic E-state index is 11.2. The van der Waals surface area contributed by atoms with E-state index in [9.17, 15) is 19.8 Å². The number of hydrogen-bond donors (Lipinski definition) is 2. The van der Waals surface area contributed by atoms with Gasteiger partial charge in [0.05, 0.1) is 16.4 Å². The summed E-state index contributed by atoms with van der Waals surface area (Å²) >= 11 is 0.934. The molecule has 0 radical (unpaired) electrons. The number of aromatic nitrogens is 5. The van der Waals surface area contributed by atoms with Crippen LogP contribution < -0.4 is 0 Å². The first-order chi connectivity index (χ1) is 12.1. The van der Waals surface area contributed by atoms with Crippen molar-refractivity contribution in [1.82, 2.24) is 25.4 Å². The second-order valence-electron chi connectivity index (χ2n) is 4.74. The first kappa shape index (κ1) is 16.4. The van der Waals surface area contributed by atoms with E-state index in [0.29, 0.717) is 22.6 Å². The van der Waals surface area contributed by atoms with Gasteiger partial charge in [-0.3, -0.25) is 25.1 Å². The Morgan fingerprint density at radius 1 is 1.28 bits per heavy atom. The van der Waals surface area contributed by atoms with Crippen LogP contribution in [0.4, 0.5) is 5.69 Å². The van der Waals surface area contributed by atoms with Crippen molar-refractivity contribution < 1.29 is 9.72 Å². The molecule has 126 valence electrons. The lowest BCUT2D eigenvalue weighted by molar-refractivity contribution is -0.384. The number of amides is 1. The van der Waals surface area contributed by atoms with Crippen LogP contribution in [-0.2, 0) is 4.79 Å². The van der Waals surface area contributed by atoms with Crippen molar-refractivity contribution in [2.45, 2.75) is 5.16 Å². The van der Waals surface area contributed by atoms with E-state index in [1.807, 2.05) is 0 Å². The fourth-order valence-electron chi connectivity index (χ4n) is 2.02. The van der Waals surface area contributed by atoms with Crippen LogP contribution in [-0.4, -0.2) is 42.0 Å². The summed E-state index contributed by atoms with van der Waals surface area (Å²) in [6, 6.07) is 6.14. The molecule has 0 saturated carbocycles. The number of nitroso groups, excluding NO2 is 1. The van der Waals surface area contributed by atoms with E-state index in [2.05, 4.69) is 30.6 Å². The van der Waals surface area contributed by atoms with Gasteiger partial charge in [0.25, 0.3) is 11.6 Å². The van der Waals surface area contributed by atoms with Crippen molar-refractivity contribution in [3.05, 3.63) is 45.5 Å². The van der Waals surface area contributed by atoms with Crippen LogP contribution in [0.15, 0.2) is 40.8 Å². The Labute approximate surface area is 143 Å². The van der Waals surface area contributed by atoms with Crippen LogP contribution >= 0.6 is 11.8 Å². The molecule has 3 aromatic rings.